The smallest absolute Gasteiger partial charge is 0.179 e. The molecule has 2 heterocycles. The van der Waals surface area contributed by atoms with Crippen LogP contribution in [-0.4, -0.2) is 19.6 Å². The number of benzene rings is 1. The number of aryl methyl sites for hydroxylation is 1. The Morgan fingerprint density at radius 2 is 1.94 bits per heavy atom. The first-order valence-electron chi connectivity index (χ1n) is 5.62. The van der Waals surface area contributed by atoms with Crippen LogP contribution in [0.1, 0.15) is 5.56 Å². The Bertz CT molecular complexity index is 732. The molecule has 0 radical (unpaired) electrons. The maximum Gasteiger partial charge on any atom is 0.179 e. The van der Waals surface area contributed by atoms with Gasteiger partial charge in [-0.2, -0.15) is 0 Å². The largest absolute Gasteiger partial charge is 0.508 e. The Labute approximate surface area is 104 Å². The summed E-state index contributed by atoms with van der Waals surface area (Å²) in [6.45, 7) is 1.94. The zero-order valence-electron chi connectivity index (χ0n) is 9.83. The highest BCUT2D eigenvalue weighted by atomic mass is 16.3. The number of aromatic hydroxyl groups is 2. The summed E-state index contributed by atoms with van der Waals surface area (Å²) in [5, 5.41) is 19.2. The fourth-order valence-corrected chi connectivity index (χ4v) is 2.15. The fraction of sp³-hybridized carbons (Fsp3) is 0.0714. The molecular weight excluding hydrogens is 228 g/mol. The van der Waals surface area contributed by atoms with Crippen LogP contribution in [-0.2, 0) is 0 Å². The number of nitrogens with zero attached hydrogens (tertiary/aromatic N) is 2. The molecule has 0 saturated heterocycles. The zero-order chi connectivity index (χ0) is 12.7. The molecule has 0 fully saturated rings. The molecule has 2 N–H and O–H groups in total. The first-order chi connectivity index (χ1) is 8.66. The van der Waals surface area contributed by atoms with Crippen LogP contribution in [0, 0.1) is 6.92 Å². The molecule has 0 aliphatic heterocycles. The van der Waals surface area contributed by atoms with Crippen molar-refractivity contribution in [1.29, 1.82) is 0 Å². The topological polar surface area (TPSA) is 57.8 Å². The number of phenolic OH excluding ortho intramolecular Hbond substituents is 1. The third-order valence-electron chi connectivity index (χ3n) is 3.01. The van der Waals surface area contributed by atoms with E-state index in [0.717, 1.165) is 16.8 Å². The summed E-state index contributed by atoms with van der Waals surface area (Å²) in [5.41, 5.74) is 3.42. The molecule has 0 aliphatic rings. The van der Waals surface area contributed by atoms with Gasteiger partial charge in [0.2, 0.25) is 0 Å². The lowest BCUT2D eigenvalue weighted by atomic mass is 10.0. The van der Waals surface area contributed by atoms with E-state index in [-0.39, 0.29) is 11.5 Å². The number of pyridine rings is 1. The Kier molecular flexibility index (Phi) is 2.23. The van der Waals surface area contributed by atoms with Crippen molar-refractivity contribution >= 4 is 5.65 Å². The Hall–Kier alpha value is -2.49. The fourth-order valence-electron chi connectivity index (χ4n) is 2.15. The van der Waals surface area contributed by atoms with Crippen LogP contribution >= 0.6 is 0 Å². The van der Waals surface area contributed by atoms with E-state index in [1.54, 1.807) is 30.6 Å². The average molecular weight is 240 g/mol. The summed E-state index contributed by atoms with van der Waals surface area (Å²) in [6.07, 6.45) is 3.45. The molecule has 4 heteroatoms. The van der Waals surface area contributed by atoms with E-state index in [1.807, 2.05) is 23.5 Å². The van der Waals surface area contributed by atoms with Gasteiger partial charge in [-0.05, 0) is 42.8 Å². The van der Waals surface area contributed by atoms with Crippen LogP contribution in [0.5, 0.6) is 11.5 Å². The first kappa shape index (κ1) is 10.7. The van der Waals surface area contributed by atoms with Gasteiger partial charge in [0.15, 0.2) is 11.4 Å². The van der Waals surface area contributed by atoms with Crippen LogP contribution in [0.3, 0.4) is 0 Å². The second-order valence-electron chi connectivity index (χ2n) is 4.22. The highest BCUT2D eigenvalue weighted by molar-refractivity contribution is 5.70. The van der Waals surface area contributed by atoms with Crippen LogP contribution in [0.4, 0.5) is 0 Å². The molecule has 0 bridgehead atoms. The lowest BCUT2D eigenvalue weighted by molar-refractivity contribution is 0.474. The average Bonchev–Trinajstić information content (AvgIpc) is 2.81. The normalized spacial score (nSPS) is 10.9. The monoisotopic (exact) mass is 240 g/mol. The molecule has 0 aliphatic carbocycles. The van der Waals surface area contributed by atoms with Crippen LogP contribution in [0.15, 0.2) is 42.7 Å². The molecule has 2 aromatic heterocycles. The summed E-state index contributed by atoms with van der Waals surface area (Å²) >= 11 is 0. The molecule has 0 unspecified atom stereocenters. The minimum atomic E-state index is 0.153. The van der Waals surface area contributed by atoms with Gasteiger partial charge in [0.1, 0.15) is 5.75 Å². The lowest BCUT2D eigenvalue weighted by Gasteiger charge is -2.10. The first-order valence-corrected chi connectivity index (χ1v) is 5.62. The molecule has 4 nitrogen and oxygen atoms in total. The predicted octanol–water partition coefficient (Wildman–Crippen LogP) is 2.72. The molecule has 3 aromatic rings. The molecule has 1 aromatic carbocycles. The summed E-state index contributed by atoms with van der Waals surface area (Å²) < 4.78 is 1.83. The summed E-state index contributed by atoms with van der Waals surface area (Å²) in [6, 6.07) is 8.69. The number of imidazole rings is 1. The minimum Gasteiger partial charge on any atom is -0.508 e. The number of hydrogen-bond donors (Lipinski definition) is 2. The van der Waals surface area contributed by atoms with Crippen LogP contribution in [0.25, 0.3) is 16.9 Å². The van der Waals surface area contributed by atoms with Crippen molar-refractivity contribution in [2.24, 2.45) is 0 Å². The molecule has 3 rings (SSSR count). The van der Waals surface area contributed by atoms with Gasteiger partial charge in [-0.25, -0.2) is 4.98 Å². The lowest BCUT2D eigenvalue weighted by Crippen LogP contribution is -1.93. The van der Waals surface area contributed by atoms with Crippen molar-refractivity contribution in [2.45, 2.75) is 6.92 Å². The van der Waals surface area contributed by atoms with Gasteiger partial charge >= 0.3 is 0 Å². The molecular formula is C14H12N2O2. The van der Waals surface area contributed by atoms with Gasteiger partial charge in [-0.1, -0.05) is 0 Å². The standard InChI is InChI=1S/C14H12N2O2/c1-9-8-10(17)2-3-11(9)12-4-5-13(18)14-15-6-7-16(12)14/h2-8,17-18H,1H3. The molecule has 18 heavy (non-hydrogen) atoms. The van der Waals surface area contributed by atoms with E-state index in [4.69, 9.17) is 0 Å². The van der Waals surface area contributed by atoms with Gasteiger partial charge in [0.25, 0.3) is 0 Å². The third kappa shape index (κ3) is 1.50. The van der Waals surface area contributed by atoms with Crippen molar-refractivity contribution in [3.8, 4) is 22.8 Å². The molecule has 0 atom stereocenters. The maximum absolute atomic E-state index is 9.72. The number of hydrogen-bond acceptors (Lipinski definition) is 3. The highest BCUT2D eigenvalue weighted by Gasteiger charge is 2.09. The van der Waals surface area contributed by atoms with E-state index in [0.29, 0.717) is 5.65 Å². The van der Waals surface area contributed by atoms with Gasteiger partial charge in [0.05, 0.1) is 5.69 Å². The highest BCUT2D eigenvalue weighted by Crippen LogP contribution is 2.29. The second-order valence-corrected chi connectivity index (χ2v) is 4.22. The van der Waals surface area contributed by atoms with E-state index in [2.05, 4.69) is 4.98 Å². The van der Waals surface area contributed by atoms with E-state index < -0.39 is 0 Å². The summed E-state index contributed by atoms with van der Waals surface area (Å²) in [5.74, 6) is 0.400. The van der Waals surface area contributed by atoms with Gasteiger partial charge < -0.3 is 10.2 Å². The summed E-state index contributed by atoms with van der Waals surface area (Å²) in [4.78, 5) is 4.12. The van der Waals surface area contributed by atoms with Crippen molar-refractivity contribution in [1.82, 2.24) is 9.38 Å². The quantitative estimate of drug-likeness (QED) is 0.687. The molecule has 0 amide bonds. The summed E-state index contributed by atoms with van der Waals surface area (Å²) in [7, 11) is 0. The van der Waals surface area contributed by atoms with Gasteiger partial charge in [-0.15, -0.1) is 0 Å². The predicted molar refractivity (Wildman–Crippen MR) is 68.7 cm³/mol. The number of fused-ring (bicyclic) bond motifs is 1. The Balaban J connectivity index is 2.32. The Morgan fingerprint density at radius 1 is 1.11 bits per heavy atom. The second kappa shape index (κ2) is 3.77. The van der Waals surface area contributed by atoms with Crippen molar-refractivity contribution in [3.63, 3.8) is 0 Å². The number of rotatable bonds is 1. The zero-order valence-corrected chi connectivity index (χ0v) is 9.83. The van der Waals surface area contributed by atoms with Crippen molar-refractivity contribution < 1.29 is 10.2 Å². The third-order valence-corrected chi connectivity index (χ3v) is 3.01. The minimum absolute atomic E-state index is 0.153. The van der Waals surface area contributed by atoms with Gasteiger partial charge in [-0.3, -0.25) is 4.40 Å². The Morgan fingerprint density at radius 3 is 2.72 bits per heavy atom. The molecule has 90 valence electrons. The number of aromatic nitrogens is 2. The maximum atomic E-state index is 9.72. The van der Waals surface area contributed by atoms with Gasteiger partial charge in [0, 0.05) is 18.0 Å². The van der Waals surface area contributed by atoms with Crippen molar-refractivity contribution in [2.75, 3.05) is 0 Å². The van der Waals surface area contributed by atoms with Crippen LogP contribution < -0.4 is 0 Å². The SMILES string of the molecule is Cc1cc(O)ccc1-c1ccc(O)c2nccn12. The molecule has 0 spiro atoms. The van der Waals surface area contributed by atoms with Crippen LogP contribution in [0.2, 0.25) is 0 Å². The van der Waals surface area contributed by atoms with Crippen molar-refractivity contribution in [3.05, 3.63) is 48.3 Å². The van der Waals surface area contributed by atoms with E-state index in [9.17, 15) is 10.2 Å². The number of phenols is 1. The van der Waals surface area contributed by atoms with E-state index >= 15 is 0 Å². The molecule has 0 saturated carbocycles. The van der Waals surface area contributed by atoms with E-state index in [1.165, 1.54) is 0 Å².